The maximum atomic E-state index is 12.1. The van der Waals surface area contributed by atoms with Crippen molar-refractivity contribution in [2.45, 2.75) is 6.54 Å². The molecule has 2 heterocycles. The van der Waals surface area contributed by atoms with Gasteiger partial charge in [-0.15, -0.1) is 11.3 Å². The summed E-state index contributed by atoms with van der Waals surface area (Å²) >= 11 is 1.03. The van der Waals surface area contributed by atoms with Crippen LogP contribution < -0.4 is 27.8 Å². The minimum atomic E-state index is -0.539. The van der Waals surface area contributed by atoms with Crippen molar-refractivity contribution in [3.63, 3.8) is 0 Å². The lowest BCUT2D eigenvalue weighted by Gasteiger charge is -2.01. The topological polar surface area (TPSA) is 105 Å². The van der Waals surface area contributed by atoms with Crippen LogP contribution in [0.2, 0.25) is 0 Å². The molecule has 0 saturated heterocycles. The summed E-state index contributed by atoms with van der Waals surface area (Å²) in [5.41, 5.74) is 5.25. The SMILES string of the molecule is CNNC(=O)c1ccc[n+](CC(=O)c2cc([N+](=O)[O-])cs2)c1.[Cl-]. The molecule has 0 radical (unpaired) electrons. The van der Waals surface area contributed by atoms with Crippen LogP contribution in [-0.4, -0.2) is 23.7 Å². The maximum Gasteiger partial charge on any atom is 0.280 e. The second-order valence-corrected chi connectivity index (χ2v) is 5.23. The zero-order valence-corrected chi connectivity index (χ0v) is 13.6. The van der Waals surface area contributed by atoms with E-state index in [-0.39, 0.29) is 36.3 Å². The Bertz CT molecular complexity index is 734. The van der Waals surface area contributed by atoms with Crippen molar-refractivity contribution in [1.29, 1.82) is 0 Å². The van der Waals surface area contributed by atoms with Gasteiger partial charge in [-0.05, 0) is 6.07 Å². The molecule has 0 fully saturated rings. The van der Waals surface area contributed by atoms with Crippen molar-refractivity contribution in [2.24, 2.45) is 0 Å². The van der Waals surface area contributed by atoms with Crippen LogP contribution in [0.1, 0.15) is 20.0 Å². The van der Waals surface area contributed by atoms with Crippen LogP contribution in [0.3, 0.4) is 0 Å². The van der Waals surface area contributed by atoms with Gasteiger partial charge in [0, 0.05) is 19.2 Å². The van der Waals surface area contributed by atoms with Crippen LogP contribution in [0.4, 0.5) is 5.69 Å². The highest BCUT2D eigenvalue weighted by Gasteiger charge is 2.19. The molecule has 0 unspecified atom stereocenters. The average Bonchev–Trinajstić information content (AvgIpc) is 2.98. The third-order valence-corrected chi connectivity index (χ3v) is 3.72. The Balaban J connectivity index is 0.00000264. The van der Waals surface area contributed by atoms with Gasteiger partial charge in [0.05, 0.1) is 15.2 Å². The molecule has 23 heavy (non-hydrogen) atoms. The van der Waals surface area contributed by atoms with Crippen LogP contribution in [0.5, 0.6) is 0 Å². The second kappa shape index (κ2) is 8.32. The van der Waals surface area contributed by atoms with Crippen LogP contribution in [0.25, 0.3) is 0 Å². The van der Waals surface area contributed by atoms with E-state index in [1.54, 1.807) is 29.9 Å². The molecule has 2 aromatic rings. The van der Waals surface area contributed by atoms with E-state index in [0.29, 0.717) is 10.4 Å². The number of hydrazine groups is 1. The minimum Gasteiger partial charge on any atom is -1.00 e. The van der Waals surface area contributed by atoms with Crippen LogP contribution in [0, 0.1) is 10.1 Å². The van der Waals surface area contributed by atoms with Gasteiger partial charge in [-0.25, -0.2) is 5.43 Å². The summed E-state index contributed by atoms with van der Waals surface area (Å²) in [6.07, 6.45) is 3.18. The highest BCUT2D eigenvalue weighted by atomic mass is 35.5. The number of pyridine rings is 1. The first-order chi connectivity index (χ1) is 10.5. The van der Waals surface area contributed by atoms with Crippen molar-refractivity contribution in [2.75, 3.05) is 7.05 Å². The molecule has 0 aliphatic rings. The Morgan fingerprint density at radius 3 is 2.78 bits per heavy atom. The number of carbonyl (C=O) groups is 2. The Morgan fingerprint density at radius 2 is 2.17 bits per heavy atom. The van der Waals surface area contributed by atoms with Gasteiger partial charge in [0.1, 0.15) is 5.56 Å². The lowest BCUT2D eigenvalue weighted by Crippen LogP contribution is -3.00. The summed E-state index contributed by atoms with van der Waals surface area (Å²) in [4.78, 5) is 34.2. The van der Waals surface area contributed by atoms with Gasteiger partial charge < -0.3 is 12.4 Å². The fourth-order valence-corrected chi connectivity index (χ4v) is 2.54. The first-order valence-electron chi connectivity index (χ1n) is 6.23. The van der Waals surface area contributed by atoms with Crippen molar-refractivity contribution in [3.05, 3.63) is 56.5 Å². The quantitative estimate of drug-likeness (QED) is 0.262. The van der Waals surface area contributed by atoms with E-state index in [9.17, 15) is 19.7 Å². The predicted octanol–water partition coefficient (Wildman–Crippen LogP) is -2.31. The molecule has 0 saturated carbocycles. The number of hydrogen-bond donors (Lipinski definition) is 2. The number of Topliss-reactive ketones (excluding diaryl/α,β-unsaturated/α-hetero) is 1. The smallest absolute Gasteiger partial charge is 0.280 e. The average molecular weight is 357 g/mol. The predicted molar refractivity (Wildman–Crippen MR) is 78.5 cm³/mol. The number of nitrogens with zero attached hydrogens (tertiary/aromatic N) is 2. The summed E-state index contributed by atoms with van der Waals surface area (Å²) in [5.74, 6) is -0.578. The van der Waals surface area contributed by atoms with E-state index in [1.165, 1.54) is 17.6 Å². The first-order valence-corrected chi connectivity index (χ1v) is 7.11. The van der Waals surface area contributed by atoms with E-state index in [1.807, 2.05) is 0 Å². The fraction of sp³-hybridized carbons (Fsp3) is 0.154. The zero-order chi connectivity index (χ0) is 16.1. The first kappa shape index (κ1) is 18.7. The van der Waals surface area contributed by atoms with Gasteiger partial charge in [0.2, 0.25) is 12.3 Å². The number of rotatable bonds is 6. The zero-order valence-electron chi connectivity index (χ0n) is 12.0. The monoisotopic (exact) mass is 356 g/mol. The summed E-state index contributed by atoms with van der Waals surface area (Å²) in [7, 11) is 1.57. The van der Waals surface area contributed by atoms with Gasteiger partial charge >= 0.3 is 0 Å². The minimum absolute atomic E-state index is 0. The van der Waals surface area contributed by atoms with Crippen LogP contribution >= 0.6 is 11.3 Å². The van der Waals surface area contributed by atoms with Gasteiger partial charge in [0.15, 0.2) is 12.4 Å². The van der Waals surface area contributed by atoms with Crippen LogP contribution in [-0.2, 0) is 6.54 Å². The standard InChI is InChI=1S/C13H12N4O4S.ClH/c1-14-15-13(19)9-3-2-4-16(6-9)7-11(18)12-5-10(8-22-12)17(20)21;/h2-6,8,14H,7H2,1H3;1H. The molecule has 8 nitrogen and oxygen atoms in total. The van der Waals surface area contributed by atoms with Crippen molar-refractivity contribution < 1.29 is 31.5 Å². The second-order valence-electron chi connectivity index (χ2n) is 4.32. The number of ketones is 1. The molecule has 0 bridgehead atoms. The molecule has 0 aromatic carbocycles. The summed E-state index contributed by atoms with van der Waals surface area (Å²) in [5, 5.41) is 11.9. The molecule has 0 aliphatic carbocycles. The van der Waals surface area contributed by atoms with E-state index in [4.69, 9.17) is 0 Å². The largest absolute Gasteiger partial charge is 1.00 e. The molecular weight excluding hydrogens is 344 g/mol. The fourth-order valence-electron chi connectivity index (χ4n) is 1.75. The van der Waals surface area contributed by atoms with Crippen molar-refractivity contribution >= 4 is 28.7 Å². The van der Waals surface area contributed by atoms with E-state index in [0.717, 1.165) is 11.3 Å². The lowest BCUT2D eigenvalue weighted by atomic mass is 10.2. The molecular formula is C13H13ClN4O4S. The number of nitrogens with one attached hydrogen (secondary N) is 2. The van der Waals surface area contributed by atoms with E-state index < -0.39 is 4.92 Å². The van der Waals surface area contributed by atoms with Crippen molar-refractivity contribution in [3.8, 4) is 0 Å². The van der Waals surface area contributed by atoms with E-state index >= 15 is 0 Å². The molecule has 0 atom stereocenters. The van der Waals surface area contributed by atoms with Crippen molar-refractivity contribution in [1.82, 2.24) is 10.9 Å². The Hall–Kier alpha value is -2.36. The highest BCUT2D eigenvalue weighted by Crippen LogP contribution is 2.21. The summed E-state index contributed by atoms with van der Waals surface area (Å²) in [6, 6.07) is 4.52. The summed E-state index contributed by atoms with van der Waals surface area (Å²) < 4.78 is 1.55. The molecule has 2 N–H and O–H groups in total. The number of hydrogen-bond acceptors (Lipinski definition) is 6. The maximum absolute atomic E-state index is 12.1. The number of nitro groups is 1. The molecule has 2 aromatic heterocycles. The third kappa shape index (κ3) is 4.81. The molecule has 1 amide bonds. The third-order valence-electron chi connectivity index (χ3n) is 2.76. The number of thiophene rings is 1. The Kier molecular flexibility index (Phi) is 6.76. The summed E-state index contributed by atoms with van der Waals surface area (Å²) in [6.45, 7) is -0.00165. The lowest BCUT2D eigenvalue weighted by molar-refractivity contribution is -0.683. The molecule has 122 valence electrons. The van der Waals surface area contributed by atoms with Crippen LogP contribution in [0.15, 0.2) is 36.0 Å². The van der Waals surface area contributed by atoms with Gasteiger partial charge in [-0.3, -0.25) is 25.1 Å². The number of amides is 1. The Morgan fingerprint density at radius 1 is 1.43 bits per heavy atom. The number of halogens is 1. The van der Waals surface area contributed by atoms with Gasteiger partial charge in [-0.2, -0.15) is 4.57 Å². The Labute approximate surface area is 141 Å². The van der Waals surface area contributed by atoms with Gasteiger partial charge in [0.25, 0.3) is 11.6 Å². The molecule has 10 heteroatoms. The molecule has 2 rings (SSSR count). The van der Waals surface area contributed by atoms with E-state index in [2.05, 4.69) is 10.9 Å². The normalized spacial score (nSPS) is 9.78. The number of carbonyl (C=O) groups excluding carboxylic acids is 2. The number of aromatic nitrogens is 1. The van der Waals surface area contributed by atoms with Gasteiger partial charge in [-0.1, -0.05) is 0 Å². The molecule has 0 aliphatic heterocycles. The highest BCUT2D eigenvalue weighted by molar-refractivity contribution is 7.12. The molecule has 0 spiro atoms.